The zero-order chi connectivity index (χ0) is 11.3. The predicted molar refractivity (Wildman–Crippen MR) is 63.7 cm³/mol. The van der Waals surface area contributed by atoms with Crippen LogP contribution in [0.2, 0.25) is 0 Å². The number of rotatable bonds is 6. The van der Waals surface area contributed by atoms with Gasteiger partial charge in [0.15, 0.2) is 0 Å². The van der Waals surface area contributed by atoms with Crippen LogP contribution in [0, 0.1) is 0 Å². The van der Waals surface area contributed by atoms with Crippen LogP contribution in [0.15, 0.2) is 24.7 Å². The maximum atomic E-state index is 4.15. The number of nitrogens with zero attached hydrogens (tertiary/aromatic N) is 2. The van der Waals surface area contributed by atoms with E-state index in [1.165, 1.54) is 11.3 Å². The molecule has 3 nitrogen and oxygen atoms in total. The van der Waals surface area contributed by atoms with Gasteiger partial charge >= 0.3 is 0 Å². The van der Waals surface area contributed by atoms with Gasteiger partial charge in [-0.25, -0.2) is 4.98 Å². The summed E-state index contributed by atoms with van der Waals surface area (Å²) in [6, 6.07) is 0.388. The van der Waals surface area contributed by atoms with Gasteiger partial charge in [-0.15, -0.1) is 6.58 Å². The van der Waals surface area contributed by atoms with E-state index in [2.05, 4.69) is 35.3 Å². The lowest BCUT2D eigenvalue weighted by atomic mass is 10.1. The summed E-state index contributed by atoms with van der Waals surface area (Å²) in [5.41, 5.74) is 2.48. The minimum Gasteiger partial charge on any atom is -0.336 e. The van der Waals surface area contributed by atoms with Crippen molar-refractivity contribution in [2.45, 2.75) is 32.7 Å². The fourth-order valence-corrected chi connectivity index (χ4v) is 1.69. The molecule has 0 radical (unpaired) electrons. The summed E-state index contributed by atoms with van der Waals surface area (Å²) in [5.74, 6) is 0. The molecule has 1 unspecified atom stereocenters. The highest BCUT2D eigenvalue weighted by atomic mass is 15.1. The fourth-order valence-electron chi connectivity index (χ4n) is 1.69. The number of imidazole rings is 1. The minimum atomic E-state index is 0.388. The zero-order valence-corrected chi connectivity index (χ0v) is 9.95. The summed E-state index contributed by atoms with van der Waals surface area (Å²) in [7, 11) is 2.04. The van der Waals surface area contributed by atoms with Gasteiger partial charge in [-0.05, 0) is 26.3 Å². The number of nitrogens with one attached hydrogen (secondary N) is 1. The Kier molecular flexibility index (Phi) is 4.56. The second kappa shape index (κ2) is 5.71. The molecule has 0 fully saturated rings. The first-order valence-corrected chi connectivity index (χ1v) is 5.49. The molecule has 0 saturated carbocycles. The Morgan fingerprint density at radius 1 is 1.67 bits per heavy atom. The van der Waals surface area contributed by atoms with E-state index in [1.807, 2.05) is 19.6 Å². The zero-order valence-electron chi connectivity index (χ0n) is 9.95. The highest BCUT2D eigenvalue weighted by molar-refractivity contribution is 5.06. The van der Waals surface area contributed by atoms with Crippen molar-refractivity contribution in [1.29, 1.82) is 0 Å². The number of hydrogen-bond acceptors (Lipinski definition) is 2. The third-order valence-corrected chi connectivity index (χ3v) is 2.52. The van der Waals surface area contributed by atoms with Crippen molar-refractivity contribution in [2.24, 2.45) is 7.05 Å². The quantitative estimate of drug-likeness (QED) is 0.726. The van der Waals surface area contributed by atoms with Gasteiger partial charge in [0.05, 0.1) is 12.0 Å². The Morgan fingerprint density at radius 2 is 2.40 bits per heavy atom. The molecule has 0 aliphatic carbocycles. The second-order valence-corrected chi connectivity index (χ2v) is 4.04. The van der Waals surface area contributed by atoms with E-state index in [0.717, 1.165) is 19.4 Å². The lowest BCUT2D eigenvalue weighted by molar-refractivity contribution is 0.490. The van der Waals surface area contributed by atoms with E-state index in [0.29, 0.717) is 6.04 Å². The smallest absolute Gasteiger partial charge is 0.0946 e. The molecule has 84 valence electrons. The lowest BCUT2D eigenvalue weighted by Gasteiger charge is -2.18. The molecule has 0 spiro atoms. The van der Waals surface area contributed by atoms with Gasteiger partial charge in [-0.3, -0.25) is 0 Å². The molecule has 1 aromatic heterocycles. The van der Waals surface area contributed by atoms with Crippen LogP contribution in [-0.4, -0.2) is 16.1 Å². The topological polar surface area (TPSA) is 29.9 Å². The Labute approximate surface area is 92.2 Å². The maximum absolute atomic E-state index is 4.15. The lowest BCUT2D eigenvalue weighted by Crippen LogP contribution is -2.22. The first-order chi connectivity index (χ1) is 7.15. The van der Waals surface area contributed by atoms with E-state index in [9.17, 15) is 0 Å². The summed E-state index contributed by atoms with van der Waals surface area (Å²) in [6.45, 7) is 9.12. The van der Waals surface area contributed by atoms with Gasteiger partial charge in [0, 0.05) is 19.3 Å². The molecular weight excluding hydrogens is 186 g/mol. The standard InChI is InChI=1S/C12H21N3/c1-5-14-11(7-6-10(2)3)12-8-13-9-15(12)4/h8-9,11,14H,2,5-7H2,1,3-4H3. The van der Waals surface area contributed by atoms with Gasteiger partial charge in [0.25, 0.3) is 0 Å². The second-order valence-electron chi connectivity index (χ2n) is 4.04. The van der Waals surface area contributed by atoms with Crippen LogP contribution in [0.25, 0.3) is 0 Å². The maximum Gasteiger partial charge on any atom is 0.0946 e. The molecule has 0 aliphatic rings. The van der Waals surface area contributed by atoms with Crippen molar-refractivity contribution < 1.29 is 0 Å². The number of aromatic nitrogens is 2. The van der Waals surface area contributed by atoms with E-state index < -0.39 is 0 Å². The number of hydrogen-bond donors (Lipinski definition) is 1. The first kappa shape index (κ1) is 12.0. The number of aryl methyl sites for hydroxylation is 1. The van der Waals surface area contributed by atoms with Gasteiger partial charge in [-0.2, -0.15) is 0 Å². The summed E-state index contributed by atoms with van der Waals surface area (Å²) < 4.78 is 2.08. The van der Waals surface area contributed by atoms with E-state index in [4.69, 9.17) is 0 Å². The summed E-state index contributed by atoms with van der Waals surface area (Å²) in [5, 5.41) is 3.48. The van der Waals surface area contributed by atoms with Crippen LogP contribution >= 0.6 is 0 Å². The molecule has 1 aromatic rings. The van der Waals surface area contributed by atoms with Crippen LogP contribution in [0.3, 0.4) is 0 Å². The average Bonchev–Trinajstić information content (AvgIpc) is 2.59. The molecule has 1 heterocycles. The van der Waals surface area contributed by atoms with Crippen molar-refractivity contribution in [1.82, 2.24) is 14.9 Å². The number of allylic oxidation sites excluding steroid dienone is 1. The third kappa shape index (κ3) is 3.51. The van der Waals surface area contributed by atoms with E-state index in [1.54, 1.807) is 0 Å². The molecule has 1 rings (SSSR count). The third-order valence-electron chi connectivity index (χ3n) is 2.52. The van der Waals surface area contributed by atoms with Gasteiger partial charge < -0.3 is 9.88 Å². The van der Waals surface area contributed by atoms with Crippen molar-refractivity contribution in [3.8, 4) is 0 Å². The monoisotopic (exact) mass is 207 g/mol. The summed E-state index contributed by atoms with van der Waals surface area (Å²) >= 11 is 0. The molecule has 15 heavy (non-hydrogen) atoms. The Balaban J connectivity index is 2.65. The normalized spacial score (nSPS) is 12.7. The largest absolute Gasteiger partial charge is 0.336 e. The average molecular weight is 207 g/mol. The minimum absolute atomic E-state index is 0.388. The van der Waals surface area contributed by atoms with Crippen molar-refractivity contribution in [3.05, 3.63) is 30.4 Å². The molecule has 0 amide bonds. The van der Waals surface area contributed by atoms with Crippen molar-refractivity contribution >= 4 is 0 Å². The fraction of sp³-hybridized carbons (Fsp3) is 0.583. The summed E-state index contributed by atoms with van der Waals surface area (Å²) in [4.78, 5) is 4.15. The van der Waals surface area contributed by atoms with E-state index in [-0.39, 0.29) is 0 Å². The van der Waals surface area contributed by atoms with Gasteiger partial charge in [-0.1, -0.05) is 12.5 Å². The first-order valence-electron chi connectivity index (χ1n) is 5.49. The molecule has 1 N–H and O–H groups in total. The summed E-state index contributed by atoms with van der Waals surface area (Å²) in [6.07, 6.45) is 5.93. The Bertz CT molecular complexity index is 314. The SMILES string of the molecule is C=C(C)CCC(NCC)c1cncn1C. The molecule has 0 saturated heterocycles. The molecule has 3 heteroatoms. The van der Waals surface area contributed by atoms with Crippen LogP contribution in [0.1, 0.15) is 38.4 Å². The highest BCUT2D eigenvalue weighted by Crippen LogP contribution is 2.19. The predicted octanol–water partition coefficient (Wildman–Crippen LogP) is 2.43. The Hall–Kier alpha value is -1.09. The molecule has 0 bridgehead atoms. The van der Waals surface area contributed by atoms with Crippen molar-refractivity contribution in [3.63, 3.8) is 0 Å². The molecule has 0 aromatic carbocycles. The van der Waals surface area contributed by atoms with Gasteiger partial charge in [0.2, 0.25) is 0 Å². The van der Waals surface area contributed by atoms with E-state index >= 15 is 0 Å². The molecular formula is C12H21N3. The van der Waals surface area contributed by atoms with Crippen molar-refractivity contribution in [2.75, 3.05) is 6.54 Å². The van der Waals surface area contributed by atoms with Crippen LogP contribution < -0.4 is 5.32 Å². The highest BCUT2D eigenvalue weighted by Gasteiger charge is 2.12. The van der Waals surface area contributed by atoms with Crippen LogP contribution in [0.4, 0.5) is 0 Å². The van der Waals surface area contributed by atoms with Crippen LogP contribution in [0.5, 0.6) is 0 Å². The molecule has 1 atom stereocenters. The Morgan fingerprint density at radius 3 is 2.87 bits per heavy atom. The van der Waals surface area contributed by atoms with Gasteiger partial charge in [0.1, 0.15) is 0 Å². The molecule has 0 aliphatic heterocycles. The van der Waals surface area contributed by atoms with Crippen LogP contribution in [-0.2, 0) is 7.05 Å².